The summed E-state index contributed by atoms with van der Waals surface area (Å²) in [5, 5.41) is 5.44. The van der Waals surface area contributed by atoms with E-state index in [1.807, 2.05) is 6.92 Å². The normalized spacial score (nSPS) is 11.4. The Kier molecular flexibility index (Phi) is 5.05. The Balaban J connectivity index is 2.53. The molecule has 1 rings (SSSR count). The van der Waals surface area contributed by atoms with Crippen LogP contribution >= 0.6 is 0 Å². The average molecular weight is 232 g/mol. The summed E-state index contributed by atoms with van der Waals surface area (Å²) in [7, 11) is 1.59. The Bertz CT molecular complexity index is 424. The van der Waals surface area contributed by atoms with E-state index in [2.05, 4.69) is 16.6 Å². The molecule has 0 aliphatic rings. The van der Waals surface area contributed by atoms with Gasteiger partial charge in [0.1, 0.15) is 0 Å². The molecule has 0 bridgehead atoms. The van der Waals surface area contributed by atoms with Crippen molar-refractivity contribution in [1.29, 1.82) is 0 Å². The maximum absolute atomic E-state index is 11.6. The van der Waals surface area contributed by atoms with Crippen molar-refractivity contribution >= 4 is 11.7 Å². The zero-order valence-electron chi connectivity index (χ0n) is 9.99. The number of rotatable bonds is 4. The average Bonchev–Trinajstić information content (AvgIpc) is 2.29. The number of anilines is 1. The Hall–Kier alpha value is -1.99. The zero-order chi connectivity index (χ0) is 12.7. The number of hydrogen-bond acceptors (Lipinski definition) is 2. The van der Waals surface area contributed by atoms with Crippen LogP contribution in [0.5, 0.6) is 0 Å². The van der Waals surface area contributed by atoms with E-state index in [1.165, 1.54) is 0 Å². The molecule has 0 saturated carbocycles. The first-order valence-corrected chi connectivity index (χ1v) is 5.29. The molecule has 1 aromatic rings. The summed E-state index contributed by atoms with van der Waals surface area (Å²) in [6.45, 7) is 2.33. The fourth-order valence-corrected chi connectivity index (χ4v) is 1.37. The maximum atomic E-state index is 11.6. The third kappa shape index (κ3) is 4.58. The predicted molar refractivity (Wildman–Crippen MR) is 67.9 cm³/mol. The summed E-state index contributed by atoms with van der Waals surface area (Å²) in [5.41, 5.74) is 1.40. The molecule has 0 unspecified atom stereocenters. The van der Waals surface area contributed by atoms with Crippen molar-refractivity contribution in [3.8, 4) is 12.3 Å². The standard InChI is InChI=1S/C13H16N2O2/c1-4-11-6-5-7-12(8-11)15-13(16)14-10(2)9-17-3/h1,5-8,10H,9H2,2-3H3,(H2,14,15,16)/t10-/m1/s1. The molecule has 2 amide bonds. The van der Waals surface area contributed by atoms with Gasteiger partial charge in [-0.15, -0.1) is 6.42 Å². The van der Waals surface area contributed by atoms with Crippen molar-refractivity contribution in [1.82, 2.24) is 5.32 Å². The number of benzene rings is 1. The highest BCUT2D eigenvalue weighted by Crippen LogP contribution is 2.09. The highest BCUT2D eigenvalue weighted by Gasteiger charge is 2.06. The lowest BCUT2D eigenvalue weighted by Gasteiger charge is -2.13. The fraction of sp³-hybridized carbons (Fsp3) is 0.308. The van der Waals surface area contributed by atoms with Crippen LogP contribution in [0, 0.1) is 12.3 Å². The summed E-state index contributed by atoms with van der Waals surface area (Å²) >= 11 is 0. The van der Waals surface area contributed by atoms with Crippen molar-refractivity contribution in [2.75, 3.05) is 19.0 Å². The predicted octanol–water partition coefficient (Wildman–Crippen LogP) is 1.82. The molecule has 0 aliphatic heterocycles. The number of methoxy groups -OCH3 is 1. The molecule has 2 N–H and O–H groups in total. The summed E-state index contributed by atoms with van der Waals surface area (Å²) in [6.07, 6.45) is 5.27. The van der Waals surface area contributed by atoms with Crippen LogP contribution < -0.4 is 10.6 Å². The van der Waals surface area contributed by atoms with Crippen molar-refractivity contribution in [2.45, 2.75) is 13.0 Å². The summed E-state index contributed by atoms with van der Waals surface area (Å²) < 4.78 is 4.92. The Morgan fingerprint density at radius 2 is 2.35 bits per heavy atom. The summed E-state index contributed by atoms with van der Waals surface area (Å²) in [4.78, 5) is 11.6. The molecule has 0 aromatic heterocycles. The summed E-state index contributed by atoms with van der Waals surface area (Å²) in [6, 6.07) is 6.79. The molecule has 0 fully saturated rings. The van der Waals surface area contributed by atoms with Gasteiger partial charge in [0.15, 0.2) is 0 Å². The maximum Gasteiger partial charge on any atom is 0.319 e. The molecule has 1 aromatic carbocycles. The number of terminal acetylenes is 1. The van der Waals surface area contributed by atoms with E-state index >= 15 is 0 Å². The topological polar surface area (TPSA) is 50.4 Å². The zero-order valence-corrected chi connectivity index (χ0v) is 9.99. The third-order valence-corrected chi connectivity index (χ3v) is 2.08. The second kappa shape index (κ2) is 6.56. The molecule has 1 atom stereocenters. The Morgan fingerprint density at radius 1 is 1.59 bits per heavy atom. The number of amides is 2. The van der Waals surface area contributed by atoms with Gasteiger partial charge in [-0.2, -0.15) is 0 Å². The van der Waals surface area contributed by atoms with Crippen molar-refractivity contribution < 1.29 is 9.53 Å². The number of carbonyl (C=O) groups excluding carboxylic acids is 1. The van der Waals surface area contributed by atoms with Crippen molar-refractivity contribution in [2.24, 2.45) is 0 Å². The van der Waals surface area contributed by atoms with Crippen molar-refractivity contribution in [3.05, 3.63) is 29.8 Å². The molecular formula is C13H16N2O2. The number of nitrogens with one attached hydrogen (secondary N) is 2. The van der Waals surface area contributed by atoms with Crippen LogP contribution in [-0.4, -0.2) is 25.8 Å². The molecule has 4 nitrogen and oxygen atoms in total. The van der Waals surface area contributed by atoms with Gasteiger partial charge in [0.2, 0.25) is 0 Å². The van der Waals surface area contributed by atoms with Gasteiger partial charge in [-0.1, -0.05) is 12.0 Å². The number of hydrogen-bond donors (Lipinski definition) is 2. The molecule has 4 heteroatoms. The second-order valence-corrected chi connectivity index (χ2v) is 3.68. The van der Waals surface area contributed by atoms with Crippen molar-refractivity contribution in [3.63, 3.8) is 0 Å². The van der Waals surface area contributed by atoms with E-state index in [1.54, 1.807) is 31.4 Å². The van der Waals surface area contributed by atoms with Crippen LogP contribution in [-0.2, 0) is 4.74 Å². The minimum atomic E-state index is -0.274. The van der Waals surface area contributed by atoms with E-state index < -0.39 is 0 Å². The molecule has 0 heterocycles. The van der Waals surface area contributed by atoms with Crippen LogP contribution in [0.2, 0.25) is 0 Å². The highest BCUT2D eigenvalue weighted by molar-refractivity contribution is 5.89. The van der Waals surface area contributed by atoms with E-state index in [0.717, 1.165) is 5.56 Å². The van der Waals surface area contributed by atoms with E-state index in [9.17, 15) is 4.79 Å². The van der Waals surface area contributed by atoms with Gasteiger partial charge in [-0.25, -0.2) is 4.79 Å². The second-order valence-electron chi connectivity index (χ2n) is 3.68. The van der Waals surface area contributed by atoms with Gasteiger partial charge in [-0.3, -0.25) is 0 Å². The monoisotopic (exact) mass is 232 g/mol. The quantitative estimate of drug-likeness (QED) is 0.778. The van der Waals surface area contributed by atoms with Crippen LogP contribution in [0.25, 0.3) is 0 Å². The highest BCUT2D eigenvalue weighted by atomic mass is 16.5. The lowest BCUT2D eigenvalue weighted by molar-refractivity contribution is 0.173. The van der Waals surface area contributed by atoms with Crippen LogP contribution in [0.4, 0.5) is 10.5 Å². The van der Waals surface area contributed by atoms with Gasteiger partial charge in [0, 0.05) is 18.4 Å². The smallest absolute Gasteiger partial charge is 0.319 e. The van der Waals surface area contributed by atoms with Crippen LogP contribution in [0.3, 0.4) is 0 Å². The minimum absolute atomic E-state index is 0.0455. The van der Waals surface area contributed by atoms with Gasteiger partial charge < -0.3 is 15.4 Å². The lowest BCUT2D eigenvalue weighted by atomic mass is 10.2. The minimum Gasteiger partial charge on any atom is -0.383 e. The number of carbonyl (C=O) groups is 1. The van der Waals surface area contributed by atoms with Gasteiger partial charge >= 0.3 is 6.03 Å². The SMILES string of the molecule is C#Cc1cccc(NC(=O)N[C@H](C)COC)c1. The van der Waals surface area contributed by atoms with Gasteiger partial charge in [0.25, 0.3) is 0 Å². The first kappa shape index (κ1) is 13.1. The molecule has 90 valence electrons. The molecule has 0 radical (unpaired) electrons. The lowest BCUT2D eigenvalue weighted by Crippen LogP contribution is -2.38. The van der Waals surface area contributed by atoms with Gasteiger partial charge in [-0.05, 0) is 25.1 Å². The molecule has 0 spiro atoms. The number of urea groups is 1. The first-order valence-electron chi connectivity index (χ1n) is 5.29. The molecule has 0 aliphatic carbocycles. The third-order valence-electron chi connectivity index (χ3n) is 2.08. The number of ether oxygens (including phenoxy) is 1. The Labute approximate surface area is 101 Å². The Morgan fingerprint density at radius 3 is 3.00 bits per heavy atom. The summed E-state index contributed by atoms with van der Waals surface area (Å²) in [5.74, 6) is 2.51. The largest absolute Gasteiger partial charge is 0.383 e. The van der Waals surface area contributed by atoms with E-state index in [0.29, 0.717) is 12.3 Å². The van der Waals surface area contributed by atoms with E-state index in [-0.39, 0.29) is 12.1 Å². The molecule has 0 saturated heterocycles. The van der Waals surface area contributed by atoms with Gasteiger partial charge in [0.05, 0.1) is 12.6 Å². The molecule has 17 heavy (non-hydrogen) atoms. The molecular weight excluding hydrogens is 216 g/mol. The first-order chi connectivity index (χ1) is 8.15. The van der Waals surface area contributed by atoms with E-state index in [4.69, 9.17) is 11.2 Å². The fourth-order valence-electron chi connectivity index (χ4n) is 1.37. The van der Waals surface area contributed by atoms with Crippen LogP contribution in [0.15, 0.2) is 24.3 Å². The van der Waals surface area contributed by atoms with Crippen LogP contribution in [0.1, 0.15) is 12.5 Å².